The highest BCUT2D eigenvalue weighted by Gasteiger charge is 2.45. The molecule has 67 heavy (non-hydrogen) atoms. The number of ether oxygens (including phenoxy) is 2. The number of sulfonamides is 1. The summed E-state index contributed by atoms with van der Waals surface area (Å²) in [6.45, 7) is 8.93. The highest BCUT2D eigenvalue weighted by molar-refractivity contribution is 7.89. The lowest BCUT2D eigenvalue weighted by atomic mass is 9.92. The van der Waals surface area contributed by atoms with Crippen LogP contribution in [0.25, 0.3) is 11.1 Å². The van der Waals surface area contributed by atoms with Crippen LogP contribution in [0.2, 0.25) is 0 Å². The third-order valence-electron chi connectivity index (χ3n) is 13.7. The third kappa shape index (κ3) is 9.39. The fourth-order valence-corrected chi connectivity index (χ4v) is 11.5. The highest BCUT2D eigenvalue weighted by Crippen LogP contribution is 2.36. The Morgan fingerprint density at radius 1 is 0.821 bits per heavy atom. The van der Waals surface area contributed by atoms with E-state index in [0.29, 0.717) is 40.7 Å². The molecule has 3 N–H and O–H groups in total. The Balaban J connectivity index is 0.816. The Kier molecular flexibility index (Phi) is 13.1. The van der Waals surface area contributed by atoms with Crippen molar-refractivity contribution in [2.45, 2.75) is 63.3 Å². The number of anilines is 2. The van der Waals surface area contributed by atoms with E-state index in [1.165, 1.54) is 23.4 Å². The van der Waals surface area contributed by atoms with Crippen LogP contribution in [0.4, 0.5) is 11.4 Å². The summed E-state index contributed by atoms with van der Waals surface area (Å²) in [5, 5.41) is 5.18. The largest absolute Gasteiger partial charge is 0.491 e. The summed E-state index contributed by atoms with van der Waals surface area (Å²) in [7, 11) is -3.91. The summed E-state index contributed by atoms with van der Waals surface area (Å²) in [5.41, 5.74) is 3.90. The average molecular weight is 934 g/mol. The maximum Gasteiger partial charge on any atom is 0.272 e. The lowest BCUT2D eigenvalue weighted by Gasteiger charge is -2.38. The van der Waals surface area contributed by atoms with E-state index >= 15 is 0 Å². The molecule has 5 aliphatic rings. The molecule has 0 aliphatic carbocycles. The second-order valence-electron chi connectivity index (χ2n) is 18.1. The monoisotopic (exact) mass is 933 g/mol. The smallest absolute Gasteiger partial charge is 0.272 e. The van der Waals surface area contributed by atoms with Crippen LogP contribution in [0.1, 0.15) is 92.7 Å². The number of hydrogen-bond acceptors (Lipinski definition) is 12. The number of rotatable bonds is 13. The molecule has 17 nitrogen and oxygen atoms in total. The lowest BCUT2D eigenvalue weighted by molar-refractivity contribution is -0.136. The normalized spacial score (nSPS) is 20.2. The van der Waals surface area contributed by atoms with Gasteiger partial charge in [-0.2, -0.15) is 4.31 Å². The van der Waals surface area contributed by atoms with E-state index in [2.05, 4.69) is 25.4 Å². The van der Waals surface area contributed by atoms with Crippen molar-refractivity contribution in [3.8, 4) is 16.9 Å². The number of imide groups is 2. The van der Waals surface area contributed by atoms with E-state index in [1.807, 2.05) is 36.4 Å². The molecular weight excluding hydrogens is 879 g/mol. The van der Waals surface area contributed by atoms with Crippen LogP contribution in [0.15, 0.2) is 71.6 Å². The number of H-pyrrole nitrogens is 1. The zero-order chi connectivity index (χ0) is 47.0. The Hall–Kier alpha value is -6.21. The standard InChI is InChI=1S/C49H55N7O10S/c1-30-43(31(2)57)44(34-6-4-3-5-7-34)45(50-30)47(60)51-39-27-36(67(63,64)55-22-24-65-25-23-55)9-12-41(39)66-29-33-14-18-53(19-15-33)28-32-16-20-54(21-17-32)35-8-10-37-38(26-35)49(62)56(48(37)61)40-11-13-42(58)52-46(40)59/h3-10,12,26-27,32-33,40,50H,11,13-25,28-29H2,1-2H3,(H,51,60)(H,52,58,59). The molecule has 5 aliphatic heterocycles. The van der Waals surface area contributed by atoms with E-state index < -0.39 is 45.6 Å². The summed E-state index contributed by atoms with van der Waals surface area (Å²) < 4.78 is 40.8. The van der Waals surface area contributed by atoms with Gasteiger partial charge in [0.1, 0.15) is 17.5 Å². The number of amides is 5. The van der Waals surface area contributed by atoms with Gasteiger partial charge in [-0.25, -0.2) is 8.42 Å². The van der Waals surface area contributed by atoms with E-state index in [9.17, 15) is 37.2 Å². The summed E-state index contributed by atoms with van der Waals surface area (Å²) in [6.07, 6.45) is 3.91. The Bertz CT molecular complexity index is 2720. The number of carbonyl (C=O) groups excluding carboxylic acids is 6. The molecule has 3 aromatic carbocycles. The highest BCUT2D eigenvalue weighted by atomic mass is 32.2. The lowest BCUT2D eigenvalue weighted by Crippen LogP contribution is -2.54. The summed E-state index contributed by atoms with van der Waals surface area (Å²) in [4.78, 5) is 86.7. The fraction of sp³-hybridized carbons (Fsp3) is 0.429. The number of morpholine rings is 1. The number of ketones is 1. The summed E-state index contributed by atoms with van der Waals surface area (Å²) in [5.74, 6) is -1.74. The van der Waals surface area contributed by atoms with Gasteiger partial charge in [0.15, 0.2) is 5.78 Å². The molecule has 0 bridgehead atoms. The molecule has 4 aromatic rings. The van der Waals surface area contributed by atoms with Crippen LogP contribution < -0.4 is 20.3 Å². The zero-order valence-electron chi connectivity index (χ0n) is 37.7. The molecule has 5 amide bonds. The molecule has 0 radical (unpaired) electrons. The Labute approximate surface area is 389 Å². The van der Waals surface area contributed by atoms with Crippen molar-refractivity contribution in [2.24, 2.45) is 11.8 Å². The first kappa shape index (κ1) is 45.9. The number of hydrogen-bond donors (Lipinski definition) is 3. The molecule has 0 saturated carbocycles. The number of nitrogens with one attached hydrogen (secondary N) is 3. The van der Waals surface area contributed by atoms with Gasteiger partial charge < -0.3 is 29.6 Å². The molecule has 4 fully saturated rings. The van der Waals surface area contributed by atoms with Crippen molar-refractivity contribution in [1.82, 2.24) is 24.4 Å². The first-order valence-corrected chi connectivity index (χ1v) is 24.5. The van der Waals surface area contributed by atoms with E-state index in [-0.39, 0.29) is 78.2 Å². The second-order valence-corrected chi connectivity index (χ2v) is 20.0. The Morgan fingerprint density at radius 2 is 1.52 bits per heavy atom. The van der Waals surface area contributed by atoms with Crippen LogP contribution in [0.5, 0.6) is 5.75 Å². The van der Waals surface area contributed by atoms with Gasteiger partial charge in [0.05, 0.1) is 41.5 Å². The van der Waals surface area contributed by atoms with E-state index in [4.69, 9.17) is 9.47 Å². The molecule has 4 saturated heterocycles. The molecule has 1 unspecified atom stereocenters. The molecule has 1 atom stereocenters. The number of aromatic amines is 1. The molecule has 18 heteroatoms. The number of piperidine rings is 3. The second kappa shape index (κ2) is 19.2. The predicted octanol–water partition coefficient (Wildman–Crippen LogP) is 4.87. The van der Waals surface area contributed by atoms with Gasteiger partial charge in [-0.05, 0) is 113 Å². The van der Waals surface area contributed by atoms with Gasteiger partial charge in [-0.1, -0.05) is 30.3 Å². The van der Waals surface area contributed by atoms with Gasteiger partial charge in [0.2, 0.25) is 21.8 Å². The van der Waals surface area contributed by atoms with Crippen molar-refractivity contribution in [3.63, 3.8) is 0 Å². The van der Waals surface area contributed by atoms with Gasteiger partial charge in [-0.15, -0.1) is 0 Å². The Morgan fingerprint density at radius 3 is 2.22 bits per heavy atom. The summed E-state index contributed by atoms with van der Waals surface area (Å²) >= 11 is 0. The van der Waals surface area contributed by atoms with E-state index in [1.54, 1.807) is 25.1 Å². The number of benzene rings is 3. The summed E-state index contributed by atoms with van der Waals surface area (Å²) in [6, 6.07) is 18.0. The van der Waals surface area contributed by atoms with E-state index in [0.717, 1.165) is 69.0 Å². The first-order valence-electron chi connectivity index (χ1n) is 23.0. The number of fused-ring (bicyclic) bond motifs is 1. The maximum absolute atomic E-state index is 14.2. The number of likely N-dealkylation sites (tertiary alicyclic amines) is 1. The van der Waals surface area contributed by atoms with Crippen molar-refractivity contribution >= 4 is 56.7 Å². The average Bonchev–Trinajstić information content (AvgIpc) is 3.81. The number of Topliss-reactive ketones (excluding diaryl/α,β-unsaturated/α-hetero) is 1. The molecule has 1 aromatic heterocycles. The van der Waals surface area contributed by atoms with Gasteiger partial charge >= 0.3 is 0 Å². The first-order chi connectivity index (χ1) is 32.3. The minimum Gasteiger partial charge on any atom is -0.491 e. The van der Waals surface area contributed by atoms with Crippen molar-refractivity contribution in [1.29, 1.82) is 0 Å². The van der Waals surface area contributed by atoms with Crippen LogP contribution in [0.3, 0.4) is 0 Å². The molecule has 352 valence electrons. The number of nitrogens with zero attached hydrogens (tertiary/aromatic N) is 4. The minimum atomic E-state index is -3.91. The van der Waals surface area contributed by atoms with Crippen LogP contribution in [0, 0.1) is 18.8 Å². The molecule has 6 heterocycles. The number of carbonyl (C=O) groups is 6. The minimum absolute atomic E-state index is 0.0174. The zero-order valence-corrected chi connectivity index (χ0v) is 38.5. The van der Waals surface area contributed by atoms with Crippen molar-refractivity contribution in [3.05, 3.63) is 94.8 Å². The predicted molar refractivity (Wildman–Crippen MR) is 248 cm³/mol. The van der Waals surface area contributed by atoms with Crippen molar-refractivity contribution < 1.29 is 46.7 Å². The number of aryl methyl sites for hydroxylation is 1. The van der Waals surface area contributed by atoms with Crippen LogP contribution >= 0.6 is 0 Å². The molecular formula is C49H55N7O10S. The van der Waals surface area contributed by atoms with Crippen LogP contribution in [-0.2, 0) is 24.3 Å². The van der Waals surface area contributed by atoms with Gasteiger partial charge in [0.25, 0.3) is 17.7 Å². The molecule has 0 spiro atoms. The van der Waals surface area contributed by atoms with Gasteiger partial charge in [-0.3, -0.25) is 39.0 Å². The van der Waals surface area contributed by atoms with Gasteiger partial charge in [0, 0.05) is 61.7 Å². The quantitative estimate of drug-likeness (QED) is 0.121. The topological polar surface area (TPSA) is 208 Å². The fourth-order valence-electron chi connectivity index (χ4n) is 10.1. The van der Waals surface area contributed by atoms with Crippen LogP contribution in [-0.4, -0.2) is 135 Å². The van der Waals surface area contributed by atoms with Crippen molar-refractivity contribution in [2.75, 3.05) is 75.9 Å². The molecule has 9 rings (SSSR count). The number of aromatic nitrogens is 1. The third-order valence-corrected chi connectivity index (χ3v) is 15.6. The maximum atomic E-state index is 14.2. The SMILES string of the molecule is CC(=O)c1c(C)[nH]c(C(=O)Nc2cc(S(=O)(=O)N3CCOCC3)ccc2OCC2CCN(CC3CCN(c4ccc5c(c4)C(=O)N(C4CCC(=O)NC4=O)C5=O)CC3)CC2)c1-c1ccccc1.